The second-order valence-corrected chi connectivity index (χ2v) is 7.44. The zero-order chi connectivity index (χ0) is 20.9. The first-order valence-electron chi connectivity index (χ1n) is 9.72. The van der Waals surface area contributed by atoms with Crippen molar-refractivity contribution in [2.24, 2.45) is 0 Å². The van der Waals surface area contributed by atoms with Gasteiger partial charge in [-0.15, -0.1) is 0 Å². The molecule has 2 aliphatic rings. The molecule has 0 radical (unpaired) electrons. The van der Waals surface area contributed by atoms with Crippen molar-refractivity contribution in [2.75, 3.05) is 39.6 Å². The molecule has 1 unspecified atom stereocenters. The number of hydrogen-bond donors (Lipinski definition) is 1. The van der Waals surface area contributed by atoms with Crippen molar-refractivity contribution >= 4 is 23.6 Å². The van der Waals surface area contributed by atoms with Crippen LogP contribution in [-0.4, -0.2) is 50.4 Å². The van der Waals surface area contributed by atoms with Gasteiger partial charge in [-0.05, 0) is 41.5 Å². The van der Waals surface area contributed by atoms with E-state index in [1.165, 1.54) is 18.2 Å². The molecule has 8 heteroatoms. The first kappa shape index (κ1) is 20.7. The van der Waals surface area contributed by atoms with Crippen LogP contribution in [0.25, 0.3) is 6.08 Å². The Bertz CT molecular complexity index is 929. The zero-order valence-corrected chi connectivity index (χ0v) is 17.0. The summed E-state index contributed by atoms with van der Waals surface area (Å²) in [6, 6.07) is 9.81. The summed E-state index contributed by atoms with van der Waals surface area (Å²) in [6.45, 7) is 3.31. The Labute approximate surface area is 179 Å². The number of hydrogen-bond acceptors (Lipinski definition) is 5. The van der Waals surface area contributed by atoms with Gasteiger partial charge in [0.1, 0.15) is 5.82 Å². The Hall–Kier alpha value is -2.61. The molecule has 0 aliphatic carbocycles. The highest BCUT2D eigenvalue weighted by molar-refractivity contribution is 6.32. The molecule has 1 amide bonds. The smallest absolute Gasteiger partial charge is 0.244 e. The molecular formula is C22H22ClFN2O4. The fourth-order valence-corrected chi connectivity index (χ4v) is 3.82. The van der Waals surface area contributed by atoms with Crippen LogP contribution < -0.4 is 14.8 Å². The number of morpholine rings is 1. The molecule has 0 aromatic heterocycles. The van der Waals surface area contributed by atoms with Crippen LogP contribution in [0.4, 0.5) is 4.39 Å². The molecular weight excluding hydrogens is 411 g/mol. The van der Waals surface area contributed by atoms with Gasteiger partial charge in [-0.3, -0.25) is 9.69 Å². The number of carbonyl (C=O) groups is 1. The number of rotatable bonds is 6. The van der Waals surface area contributed by atoms with E-state index in [0.717, 1.165) is 24.2 Å². The number of amides is 1. The second kappa shape index (κ2) is 9.47. The highest BCUT2D eigenvalue weighted by Crippen LogP contribution is 2.40. The summed E-state index contributed by atoms with van der Waals surface area (Å²) in [5.74, 6) is 0.565. The van der Waals surface area contributed by atoms with Gasteiger partial charge in [0.05, 0.1) is 24.3 Å². The maximum atomic E-state index is 13.3. The third-order valence-corrected chi connectivity index (χ3v) is 5.37. The van der Waals surface area contributed by atoms with Crippen LogP contribution in [0.5, 0.6) is 11.5 Å². The number of ether oxygens (including phenoxy) is 3. The molecule has 158 valence electrons. The van der Waals surface area contributed by atoms with Crippen LogP contribution in [0.15, 0.2) is 42.5 Å². The van der Waals surface area contributed by atoms with Gasteiger partial charge in [0, 0.05) is 25.7 Å². The van der Waals surface area contributed by atoms with Crippen molar-refractivity contribution < 1.29 is 23.4 Å². The Morgan fingerprint density at radius 1 is 1.20 bits per heavy atom. The lowest BCUT2D eigenvalue weighted by Gasteiger charge is -2.34. The summed E-state index contributed by atoms with van der Waals surface area (Å²) in [5, 5.41) is 3.38. The van der Waals surface area contributed by atoms with Crippen LogP contribution >= 0.6 is 11.6 Å². The van der Waals surface area contributed by atoms with E-state index in [1.807, 2.05) is 0 Å². The fourth-order valence-electron chi connectivity index (χ4n) is 3.54. The Balaban J connectivity index is 1.41. The highest BCUT2D eigenvalue weighted by Gasteiger charge is 2.23. The standard InChI is InChI=1S/C22H22ClFN2O4/c23-18-11-15(12-20-22(18)30-14-29-20)1-6-21(27)25-13-19(26-7-9-28-10-8-26)16-2-4-17(24)5-3-16/h1-6,11-12,19H,7-10,13-14H2,(H,25,27). The number of halogens is 2. The summed E-state index contributed by atoms with van der Waals surface area (Å²) in [7, 11) is 0. The number of nitrogens with one attached hydrogen (secondary N) is 1. The van der Waals surface area contributed by atoms with E-state index in [0.29, 0.717) is 36.3 Å². The van der Waals surface area contributed by atoms with E-state index < -0.39 is 0 Å². The van der Waals surface area contributed by atoms with Crippen LogP contribution in [0.3, 0.4) is 0 Å². The van der Waals surface area contributed by atoms with E-state index in [4.69, 9.17) is 25.8 Å². The Morgan fingerprint density at radius 3 is 2.73 bits per heavy atom. The lowest BCUT2D eigenvalue weighted by atomic mass is 10.0. The number of carbonyl (C=O) groups excluding carboxylic acids is 1. The van der Waals surface area contributed by atoms with Crippen molar-refractivity contribution in [3.05, 3.63) is 64.4 Å². The van der Waals surface area contributed by atoms with E-state index in [-0.39, 0.29) is 24.6 Å². The van der Waals surface area contributed by atoms with Gasteiger partial charge in [0.2, 0.25) is 12.7 Å². The molecule has 1 atom stereocenters. The minimum atomic E-state index is -0.283. The predicted molar refractivity (Wildman–Crippen MR) is 111 cm³/mol. The number of fused-ring (bicyclic) bond motifs is 1. The molecule has 30 heavy (non-hydrogen) atoms. The Morgan fingerprint density at radius 2 is 1.97 bits per heavy atom. The average molecular weight is 433 g/mol. The van der Waals surface area contributed by atoms with Gasteiger partial charge >= 0.3 is 0 Å². The molecule has 6 nitrogen and oxygen atoms in total. The molecule has 2 aliphatic heterocycles. The van der Waals surface area contributed by atoms with Gasteiger partial charge in [-0.1, -0.05) is 23.7 Å². The van der Waals surface area contributed by atoms with Gasteiger partial charge in [0.15, 0.2) is 11.5 Å². The Kier molecular flexibility index (Phi) is 6.52. The van der Waals surface area contributed by atoms with Crippen LogP contribution in [-0.2, 0) is 9.53 Å². The second-order valence-electron chi connectivity index (χ2n) is 7.03. The van der Waals surface area contributed by atoms with Crippen LogP contribution in [0.2, 0.25) is 5.02 Å². The summed E-state index contributed by atoms with van der Waals surface area (Å²) in [4.78, 5) is 14.7. The topological polar surface area (TPSA) is 60.0 Å². The first-order valence-corrected chi connectivity index (χ1v) is 10.1. The quantitative estimate of drug-likeness (QED) is 0.709. The molecule has 4 rings (SSSR count). The van der Waals surface area contributed by atoms with Crippen molar-refractivity contribution in [2.45, 2.75) is 6.04 Å². The van der Waals surface area contributed by atoms with Gasteiger partial charge in [0.25, 0.3) is 0 Å². The molecule has 0 bridgehead atoms. The lowest BCUT2D eigenvalue weighted by molar-refractivity contribution is -0.116. The molecule has 0 spiro atoms. The maximum Gasteiger partial charge on any atom is 0.244 e. The normalized spacial score (nSPS) is 17.3. The summed E-state index contributed by atoms with van der Waals surface area (Å²) >= 11 is 6.18. The van der Waals surface area contributed by atoms with Gasteiger partial charge < -0.3 is 19.5 Å². The largest absolute Gasteiger partial charge is 0.454 e. The molecule has 1 fully saturated rings. The fraction of sp³-hybridized carbons (Fsp3) is 0.318. The van der Waals surface area contributed by atoms with Gasteiger partial charge in [-0.25, -0.2) is 4.39 Å². The minimum absolute atomic E-state index is 0.0631. The molecule has 1 saturated heterocycles. The summed E-state index contributed by atoms with van der Waals surface area (Å²) in [5.41, 5.74) is 1.69. The third kappa shape index (κ3) is 4.92. The minimum Gasteiger partial charge on any atom is -0.454 e. The molecule has 2 aromatic carbocycles. The first-order chi connectivity index (χ1) is 14.6. The number of benzene rings is 2. The summed E-state index contributed by atoms with van der Waals surface area (Å²) in [6.07, 6.45) is 3.12. The molecule has 2 aromatic rings. The lowest BCUT2D eigenvalue weighted by Crippen LogP contribution is -2.43. The predicted octanol–water partition coefficient (Wildman–Crippen LogP) is 3.41. The van der Waals surface area contributed by atoms with Crippen molar-refractivity contribution in [3.8, 4) is 11.5 Å². The highest BCUT2D eigenvalue weighted by atomic mass is 35.5. The van der Waals surface area contributed by atoms with Crippen molar-refractivity contribution in [1.29, 1.82) is 0 Å². The summed E-state index contributed by atoms with van der Waals surface area (Å²) < 4.78 is 29.4. The molecule has 2 heterocycles. The number of nitrogens with zero attached hydrogens (tertiary/aromatic N) is 1. The zero-order valence-electron chi connectivity index (χ0n) is 16.3. The van der Waals surface area contributed by atoms with Crippen molar-refractivity contribution in [1.82, 2.24) is 10.2 Å². The van der Waals surface area contributed by atoms with E-state index in [1.54, 1.807) is 30.3 Å². The monoisotopic (exact) mass is 432 g/mol. The van der Waals surface area contributed by atoms with E-state index >= 15 is 0 Å². The van der Waals surface area contributed by atoms with Gasteiger partial charge in [-0.2, -0.15) is 0 Å². The van der Waals surface area contributed by atoms with E-state index in [2.05, 4.69) is 10.2 Å². The van der Waals surface area contributed by atoms with E-state index in [9.17, 15) is 9.18 Å². The molecule has 0 saturated carbocycles. The average Bonchev–Trinajstić information content (AvgIpc) is 3.24. The molecule has 1 N–H and O–H groups in total. The maximum absolute atomic E-state index is 13.3. The van der Waals surface area contributed by atoms with Crippen molar-refractivity contribution in [3.63, 3.8) is 0 Å². The van der Waals surface area contributed by atoms with Crippen LogP contribution in [0.1, 0.15) is 17.2 Å². The van der Waals surface area contributed by atoms with Crippen LogP contribution in [0, 0.1) is 5.82 Å². The third-order valence-electron chi connectivity index (χ3n) is 5.09. The SMILES string of the molecule is O=C(C=Cc1cc(Cl)c2c(c1)OCO2)NCC(c1ccc(F)cc1)N1CCOCC1.